The number of hydrogen-bond donors (Lipinski definition) is 0. The molecule has 0 amide bonds. The van der Waals surface area contributed by atoms with E-state index in [9.17, 15) is 0 Å². The van der Waals surface area contributed by atoms with Crippen LogP contribution in [0.3, 0.4) is 0 Å². The standard InChI is InChI=1S/C18H17Ge.Li/c1-2-19(16-11-4-3-5-12-16)18-14-8-10-15-9-6-7-13-17(15)18;/h3-14H,2H2,1H3;. The van der Waals surface area contributed by atoms with Gasteiger partial charge in [-0.1, -0.05) is 0 Å². The summed E-state index contributed by atoms with van der Waals surface area (Å²) >= 11 is -1.39. The van der Waals surface area contributed by atoms with Gasteiger partial charge in [0.15, 0.2) is 0 Å². The van der Waals surface area contributed by atoms with Gasteiger partial charge in [-0.15, -0.1) is 0 Å². The van der Waals surface area contributed by atoms with Crippen LogP contribution < -0.4 is 8.79 Å². The molecule has 0 bridgehead atoms. The monoisotopic (exact) mass is 314 g/mol. The van der Waals surface area contributed by atoms with Crippen molar-refractivity contribution in [3.8, 4) is 0 Å². The van der Waals surface area contributed by atoms with Gasteiger partial charge < -0.3 is 0 Å². The molecule has 0 atom stereocenters. The molecule has 3 aromatic carbocycles. The fourth-order valence-corrected chi connectivity index (χ4v) is 8.02. The second-order valence-corrected chi connectivity index (χ2v) is 10.6. The maximum absolute atomic E-state index is 2.34. The molecule has 20 heavy (non-hydrogen) atoms. The summed E-state index contributed by atoms with van der Waals surface area (Å²) in [5.41, 5.74) is 0. The minimum Gasteiger partial charge on any atom is 0 e. The van der Waals surface area contributed by atoms with Gasteiger partial charge in [-0.2, -0.15) is 0 Å². The Kier molecular flexibility index (Phi) is 5.55. The van der Waals surface area contributed by atoms with Crippen molar-refractivity contribution in [3.05, 3.63) is 72.8 Å². The van der Waals surface area contributed by atoms with E-state index in [1.807, 2.05) is 0 Å². The predicted octanol–water partition coefficient (Wildman–Crippen LogP) is 3.09. The average Bonchev–Trinajstić information content (AvgIpc) is 2.49. The molecular weight excluding hydrogens is 296 g/mol. The van der Waals surface area contributed by atoms with E-state index in [0.29, 0.717) is 0 Å². The van der Waals surface area contributed by atoms with Crippen LogP contribution >= 0.6 is 0 Å². The fraction of sp³-hybridized carbons (Fsp3) is 0.111. The topological polar surface area (TPSA) is 0 Å². The molecule has 3 aromatic rings. The van der Waals surface area contributed by atoms with Crippen LogP contribution in [0.2, 0.25) is 5.25 Å². The van der Waals surface area contributed by atoms with Gasteiger partial charge in [-0.05, 0) is 0 Å². The van der Waals surface area contributed by atoms with Gasteiger partial charge >= 0.3 is 119 Å². The molecule has 94 valence electrons. The third-order valence-electron chi connectivity index (χ3n) is 3.59. The van der Waals surface area contributed by atoms with Crippen LogP contribution in [0.4, 0.5) is 0 Å². The summed E-state index contributed by atoms with van der Waals surface area (Å²) in [5.74, 6) is 0. The first-order chi connectivity index (χ1) is 9.40. The van der Waals surface area contributed by atoms with E-state index in [1.165, 1.54) is 16.0 Å². The predicted molar refractivity (Wildman–Crippen MR) is 91.6 cm³/mol. The molecule has 0 fully saturated rings. The second-order valence-electron chi connectivity index (χ2n) is 4.72. The van der Waals surface area contributed by atoms with Gasteiger partial charge in [0.05, 0.1) is 0 Å². The molecule has 3 rings (SSSR count). The van der Waals surface area contributed by atoms with Crippen molar-refractivity contribution in [1.29, 1.82) is 0 Å². The Balaban J connectivity index is 0.00000147. The largest absolute Gasteiger partial charge is 0 e. The van der Waals surface area contributed by atoms with Crippen LogP contribution in [-0.4, -0.2) is 33.2 Å². The molecule has 0 aliphatic carbocycles. The maximum atomic E-state index is 2.34. The van der Waals surface area contributed by atoms with Gasteiger partial charge in [0.2, 0.25) is 0 Å². The van der Waals surface area contributed by atoms with Crippen LogP contribution in [0.5, 0.6) is 0 Å². The number of benzene rings is 3. The summed E-state index contributed by atoms with van der Waals surface area (Å²) in [6, 6.07) is 26.6. The molecule has 0 aromatic heterocycles. The van der Waals surface area contributed by atoms with Crippen LogP contribution in [0.25, 0.3) is 10.8 Å². The molecule has 0 aliphatic rings. The molecule has 2 heteroatoms. The summed E-state index contributed by atoms with van der Waals surface area (Å²) in [5, 5.41) is 4.11. The van der Waals surface area contributed by atoms with Gasteiger partial charge in [-0.25, -0.2) is 0 Å². The van der Waals surface area contributed by atoms with Crippen LogP contribution in [-0.2, 0) is 0 Å². The van der Waals surface area contributed by atoms with E-state index in [2.05, 4.69) is 79.7 Å². The molecule has 0 unspecified atom stereocenters. The Bertz CT molecular complexity index is 674. The first-order valence-corrected chi connectivity index (χ1v) is 10.4. The zero-order chi connectivity index (χ0) is 13.1. The van der Waals surface area contributed by atoms with Gasteiger partial charge in [0, 0.05) is 18.9 Å². The smallest absolute Gasteiger partial charge is 0 e. The van der Waals surface area contributed by atoms with Crippen molar-refractivity contribution < 1.29 is 0 Å². The van der Waals surface area contributed by atoms with E-state index < -0.39 is 14.3 Å². The van der Waals surface area contributed by atoms with Gasteiger partial charge in [-0.3, -0.25) is 0 Å². The summed E-state index contributed by atoms with van der Waals surface area (Å²) in [4.78, 5) is 0. The minimum absolute atomic E-state index is 0. The van der Waals surface area contributed by atoms with Crippen molar-refractivity contribution in [2.24, 2.45) is 0 Å². The summed E-state index contributed by atoms with van der Waals surface area (Å²) in [7, 11) is 0. The third-order valence-corrected chi connectivity index (χ3v) is 9.51. The number of rotatable bonds is 3. The van der Waals surface area contributed by atoms with Crippen molar-refractivity contribution in [3.63, 3.8) is 0 Å². The molecule has 0 heterocycles. The average molecular weight is 313 g/mol. The van der Waals surface area contributed by atoms with E-state index in [-0.39, 0.29) is 18.9 Å². The molecule has 0 spiro atoms. The fourth-order valence-electron chi connectivity index (χ4n) is 2.68. The summed E-state index contributed by atoms with van der Waals surface area (Å²) in [6.07, 6.45) is 0. The number of hydrogen-bond acceptors (Lipinski definition) is 0. The Morgan fingerprint density at radius 1 is 0.750 bits per heavy atom. The molecule has 0 N–H and O–H groups in total. The zero-order valence-corrected chi connectivity index (χ0v) is 14.2. The van der Waals surface area contributed by atoms with Crippen molar-refractivity contribution >= 4 is 52.8 Å². The SMILES string of the molecule is C[CH2][Ge]([c]1ccccc1)[c]1cccc2ccccc12.[Li]. The van der Waals surface area contributed by atoms with Crippen LogP contribution in [0, 0.1) is 0 Å². The summed E-state index contributed by atoms with van der Waals surface area (Å²) in [6.45, 7) is 2.34. The van der Waals surface area contributed by atoms with E-state index in [4.69, 9.17) is 0 Å². The number of fused-ring (bicyclic) bond motifs is 1. The molecule has 0 aliphatic heterocycles. The molecular formula is C18H17GeLi. The molecule has 2 radical (unpaired) electrons. The molecule has 0 saturated heterocycles. The van der Waals surface area contributed by atoms with Crippen molar-refractivity contribution in [2.75, 3.05) is 0 Å². The Morgan fingerprint density at radius 3 is 2.15 bits per heavy atom. The zero-order valence-electron chi connectivity index (χ0n) is 12.1. The van der Waals surface area contributed by atoms with Crippen molar-refractivity contribution in [1.82, 2.24) is 0 Å². The second kappa shape index (κ2) is 7.18. The van der Waals surface area contributed by atoms with E-state index in [0.717, 1.165) is 0 Å². The third kappa shape index (κ3) is 3.04. The van der Waals surface area contributed by atoms with Crippen molar-refractivity contribution in [2.45, 2.75) is 12.2 Å². The quantitative estimate of drug-likeness (QED) is 0.652. The Morgan fingerprint density at radius 2 is 1.40 bits per heavy atom. The minimum atomic E-state index is -1.39. The van der Waals surface area contributed by atoms with Gasteiger partial charge in [0.25, 0.3) is 0 Å². The Labute approximate surface area is 137 Å². The normalized spacial score (nSPS) is 10.5. The Hall–Kier alpha value is -0.940. The maximum Gasteiger partial charge on any atom is 0 e. The van der Waals surface area contributed by atoms with Gasteiger partial charge in [0.1, 0.15) is 0 Å². The van der Waals surface area contributed by atoms with E-state index in [1.54, 1.807) is 8.79 Å². The molecule has 0 nitrogen and oxygen atoms in total. The first kappa shape index (κ1) is 15.4. The van der Waals surface area contributed by atoms with Crippen LogP contribution in [0.1, 0.15) is 6.92 Å². The molecule has 0 saturated carbocycles. The van der Waals surface area contributed by atoms with E-state index >= 15 is 0 Å². The van der Waals surface area contributed by atoms with Crippen LogP contribution in [0.15, 0.2) is 72.8 Å². The first-order valence-electron chi connectivity index (χ1n) is 6.79. The summed E-state index contributed by atoms with van der Waals surface area (Å²) < 4.78 is 3.17.